The molecule has 11 heteroatoms. The monoisotopic (exact) mass is 580 g/mol. The van der Waals surface area contributed by atoms with E-state index in [0.29, 0.717) is 24.5 Å². The maximum atomic E-state index is 14.1. The summed E-state index contributed by atoms with van der Waals surface area (Å²) in [5.41, 5.74) is 8.77. The van der Waals surface area contributed by atoms with Gasteiger partial charge in [-0.05, 0) is 67.3 Å². The number of aromatic nitrogens is 2. The Morgan fingerprint density at radius 2 is 1.90 bits per heavy atom. The molecule has 0 bridgehead atoms. The molecule has 4 fully saturated rings. The van der Waals surface area contributed by atoms with Gasteiger partial charge in [-0.2, -0.15) is 0 Å². The maximum absolute atomic E-state index is 14.1. The van der Waals surface area contributed by atoms with E-state index in [4.69, 9.17) is 10.7 Å². The number of pyridine rings is 1. The van der Waals surface area contributed by atoms with E-state index in [1.807, 2.05) is 25.1 Å². The van der Waals surface area contributed by atoms with Crippen molar-refractivity contribution < 1.29 is 18.4 Å². The Hall–Kier alpha value is -3.18. The van der Waals surface area contributed by atoms with E-state index in [1.165, 1.54) is 6.20 Å². The third kappa shape index (κ3) is 4.31. The van der Waals surface area contributed by atoms with Crippen LogP contribution in [-0.4, -0.2) is 56.1 Å². The first-order valence-corrected chi connectivity index (χ1v) is 15.3. The van der Waals surface area contributed by atoms with Crippen LogP contribution in [0.15, 0.2) is 30.5 Å². The van der Waals surface area contributed by atoms with E-state index in [1.54, 1.807) is 22.3 Å². The first-order chi connectivity index (χ1) is 19.6. The number of benzene rings is 1. The summed E-state index contributed by atoms with van der Waals surface area (Å²) < 4.78 is 29.2. The van der Waals surface area contributed by atoms with Gasteiger partial charge in [0.05, 0.1) is 33.7 Å². The second-order valence-corrected chi connectivity index (χ2v) is 13.4. The van der Waals surface area contributed by atoms with Crippen LogP contribution in [0.25, 0.3) is 10.2 Å². The number of nitrogens with zero attached hydrogens (tertiary/aromatic N) is 4. The fraction of sp³-hybridized carbons (Fsp3) is 0.533. The Balaban J connectivity index is 1.11. The zero-order valence-electron chi connectivity index (χ0n) is 23.2. The number of nitrogens with two attached hydrogens (primary N) is 1. The van der Waals surface area contributed by atoms with Crippen molar-refractivity contribution in [1.82, 2.24) is 19.8 Å². The molecule has 216 valence electrons. The predicted octanol–water partition coefficient (Wildman–Crippen LogP) is 5.25. The average molecular weight is 581 g/mol. The molecular weight excluding hydrogens is 546 g/mol. The molecule has 8 nitrogen and oxygen atoms in total. The SMILES string of the molecule is CCc1cc(NC(=O)C(=O)N2C[C@@H](C)CC[C@@H]2c2ccc3sc(C45C[C@H]6CC(F)(F)C[C@@H](C4)N65)nc3c2)cnc1N. The number of hydrogen-bond donors (Lipinski definition) is 2. The smallest absolute Gasteiger partial charge is 0.313 e. The Bertz CT molecular complexity index is 1540. The molecule has 4 aliphatic heterocycles. The van der Waals surface area contributed by atoms with Crippen LogP contribution in [0.5, 0.6) is 0 Å². The molecule has 0 radical (unpaired) electrons. The molecule has 41 heavy (non-hydrogen) atoms. The van der Waals surface area contributed by atoms with Crippen molar-refractivity contribution in [1.29, 1.82) is 0 Å². The lowest BCUT2D eigenvalue weighted by Gasteiger charge is -2.72. The number of amides is 2. The summed E-state index contributed by atoms with van der Waals surface area (Å²) >= 11 is 1.65. The lowest BCUT2D eigenvalue weighted by atomic mass is 9.59. The van der Waals surface area contributed by atoms with Gasteiger partial charge >= 0.3 is 11.8 Å². The van der Waals surface area contributed by atoms with Gasteiger partial charge in [-0.15, -0.1) is 11.3 Å². The summed E-state index contributed by atoms with van der Waals surface area (Å²) in [5, 5.41) is 3.72. The van der Waals surface area contributed by atoms with Crippen LogP contribution >= 0.6 is 11.3 Å². The average Bonchev–Trinajstić information content (AvgIpc) is 3.34. The number of fused-ring (bicyclic) bond motifs is 1. The number of anilines is 2. The minimum Gasteiger partial charge on any atom is -0.383 e. The zero-order valence-corrected chi connectivity index (χ0v) is 24.0. The number of likely N-dealkylation sites (tertiary alicyclic amines) is 1. The summed E-state index contributed by atoms with van der Waals surface area (Å²) in [6.07, 6.45) is 5.22. The second kappa shape index (κ2) is 9.42. The third-order valence-corrected chi connectivity index (χ3v) is 10.8. The largest absolute Gasteiger partial charge is 0.383 e. The number of thiazole rings is 1. The standard InChI is InChI=1S/C30H34F2N6O2S/c1-3-17-8-19(14-34-25(17)33)35-26(39)27(40)37-15-16(2)4-6-23(37)18-5-7-24-22(9-18)36-28(41-24)29-10-20-12-30(31,32)13-21(11-29)38(20)29/h5,7-9,14,16,20-21,23H,3-4,6,10-13,15H2,1-2H3,(H2,33,34)(H,35,39)/t16-,20-,21+,23+,29?/m0/s1. The van der Waals surface area contributed by atoms with Crippen molar-refractivity contribution in [3.05, 3.63) is 46.6 Å². The predicted molar refractivity (Wildman–Crippen MR) is 154 cm³/mol. The number of nitrogen functional groups attached to an aromatic ring is 1. The van der Waals surface area contributed by atoms with E-state index in [9.17, 15) is 18.4 Å². The van der Waals surface area contributed by atoms with Gasteiger partial charge in [0.1, 0.15) is 10.8 Å². The van der Waals surface area contributed by atoms with Crippen molar-refractivity contribution in [3.8, 4) is 0 Å². The molecule has 3 aromatic rings. The highest BCUT2D eigenvalue weighted by Gasteiger charge is 2.70. The summed E-state index contributed by atoms with van der Waals surface area (Å²) in [5.74, 6) is -3.13. The zero-order chi connectivity index (χ0) is 28.7. The number of rotatable bonds is 4. The highest BCUT2D eigenvalue weighted by atomic mass is 32.1. The number of aryl methyl sites for hydroxylation is 1. The molecule has 2 amide bonds. The van der Waals surface area contributed by atoms with Crippen LogP contribution < -0.4 is 11.1 Å². The number of halogens is 2. The highest BCUT2D eigenvalue weighted by Crippen LogP contribution is 2.64. The first kappa shape index (κ1) is 26.7. The first-order valence-electron chi connectivity index (χ1n) is 14.5. The van der Waals surface area contributed by atoms with Crippen molar-refractivity contribution in [2.24, 2.45) is 5.92 Å². The lowest BCUT2D eigenvalue weighted by molar-refractivity contribution is -0.270. The number of piperidine rings is 3. The van der Waals surface area contributed by atoms with Gasteiger partial charge in [-0.1, -0.05) is 19.9 Å². The summed E-state index contributed by atoms with van der Waals surface area (Å²) in [6, 6.07) is 7.54. The molecule has 5 atom stereocenters. The summed E-state index contributed by atoms with van der Waals surface area (Å²) in [4.78, 5) is 39.7. The van der Waals surface area contributed by atoms with Crippen molar-refractivity contribution in [2.45, 2.75) is 88.4 Å². The van der Waals surface area contributed by atoms with Gasteiger partial charge in [0.15, 0.2) is 0 Å². The number of nitrogens with one attached hydrogen (secondary N) is 1. The molecule has 1 unspecified atom stereocenters. The molecule has 7 rings (SSSR count). The van der Waals surface area contributed by atoms with Gasteiger partial charge in [0, 0.05) is 31.5 Å². The lowest BCUT2D eigenvalue weighted by Crippen LogP contribution is -2.79. The van der Waals surface area contributed by atoms with Crippen LogP contribution in [0.4, 0.5) is 20.3 Å². The van der Waals surface area contributed by atoms with Crippen LogP contribution in [-0.2, 0) is 21.5 Å². The van der Waals surface area contributed by atoms with Crippen LogP contribution in [0.2, 0.25) is 0 Å². The van der Waals surface area contributed by atoms with Gasteiger partial charge in [0.2, 0.25) is 0 Å². The molecular formula is C30H34F2N6O2S. The van der Waals surface area contributed by atoms with Crippen LogP contribution in [0.1, 0.15) is 74.5 Å². The van der Waals surface area contributed by atoms with Gasteiger partial charge in [0.25, 0.3) is 5.92 Å². The molecule has 3 N–H and O–H groups in total. The molecule has 1 aromatic carbocycles. The molecule has 4 aliphatic rings. The van der Waals surface area contributed by atoms with Crippen LogP contribution in [0.3, 0.4) is 0 Å². The fourth-order valence-corrected chi connectivity index (χ4v) is 8.86. The second-order valence-electron chi connectivity index (χ2n) is 12.4. The molecule has 0 aliphatic carbocycles. The third-order valence-electron chi connectivity index (χ3n) is 9.60. The quantitative estimate of drug-likeness (QED) is 0.409. The van der Waals surface area contributed by atoms with Gasteiger partial charge < -0.3 is 16.0 Å². The van der Waals surface area contributed by atoms with Crippen molar-refractivity contribution in [3.63, 3.8) is 0 Å². The van der Waals surface area contributed by atoms with Gasteiger partial charge in [-0.3, -0.25) is 14.5 Å². The highest BCUT2D eigenvalue weighted by molar-refractivity contribution is 7.18. The topological polar surface area (TPSA) is 104 Å². The van der Waals surface area contributed by atoms with Crippen molar-refractivity contribution >= 4 is 44.9 Å². The Morgan fingerprint density at radius 1 is 1.15 bits per heavy atom. The summed E-state index contributed by atoms with van der Waals surface area (Å²) in [7, 11) is 0. The molecule has 0 saturated carbocycles. The van der Waals surface area contributed by atoms with E-state index in [0.717, 1.165) is 52.0 Å². The Labute approximate surface area is 241 Å². The summed E-state index contributed by atoms with van der Waals surface area (Å²) in [6.45, 7) is 4.53. The molecule has 6 heterocycles. The molecule has 2 aromatic heterocycles. The molecule has 0 spiro atoms. The van der Waals surface area contributed by atoms with E-state index in [2.05, 4.69) is 22.1 Å². The minimum atomic E-state index is -2.55. The van der Waals surface area contributed by atoms with Gasteiger partial charge in [-0.25, -0.2) is 18.7 Å². The minimum absolute atomic E-state index is 0.0485. The normalized spacial score (nSPS) is 30.3. The fourth-order valence-electron chi connectivity index (χ4n) is 7.70. The number of alkyl halides is 2. The maximum Gasteiger partial charge on any atom is 0.313 e. The molecule has 4 saturated heterocycles. The van der Waals surface area contributed by atoms with E-state index >= 15 is 0 Å². The number of carbonyl (C=O) groups excluding carboxylic acids is 2. The number of hydrogen-bond acceptors (Lipinski definition) is 7. The van der Waals surface area contributed by atoms with Crippen LogP contribution in [0, 0.1) is 5.92 Å². The van der Waals surface area contributed by atoms with Crippen molar-refractivity contribution in [2.75, 3.05) is 17.6 Å². The van der Waals surface area contributed by atoms with E-state index in [-0.39, 0.29) is 42.4 Å². The number of carbonyl (C=O) groups is 2. The van der Waals surface area contributed by atoms with E-state index < -0.39 is 17.7 Å². The Morgan fingerprint density at radius 3 is 2.63 bits per heavy atom. The Kier molecular flexibility index (Phi) is 6.13.